The lowest BCUT2D eigenvalue weighted by Gasteiger charge is -2.35. The number of pyridine rings is 2. The van der Waals surface area contributed by atoms with Crippen LogP contribution in [0.5, 0.6) is 5.75 Å². The van der Waals surface area contributed by atoms with Crippen molar-refractivity contribution in [2.24, 2.45) is 5.41 Å². The van der Waals surface area contributed by atoms with E-state index in [0.29, 0.717) is 23.4 Å². The minimum Gasteiger partial charge on any atom is -0.477 e. The minimum absolute atomic E-state index is 0.0228. The van der Waals surface area contributed by atoms with E-state index in [4.69, 9.17) is 0 Å². The Kier molecular flexibility index (Phi) is 4.41. The van der Waals surface area contributed by atoms with Crippen molar-refractivity contribution >= 4 is 11.6 Å². The van der Waals surface area contributed by atoms with Crippen LogP contribution in [0, 0.1) is 11.2 Å². The van der Waals surface area contributed by atoms with Crippen molar-refractivity contribution in [3.05, 3.63) is 51.3 Å². The number of imidazole rings is 1. The number of carbonyl (C=O) groups is 1. The molecule has 3 heterocycles. The van der Waals surface area contributed by atoms with E-state index in [1.165, 1.54) is 10.5 Å². The molecule has 3 aromatic rings. The van der Waals surface area contributed by atoms with Gasteiger partial charge in [-0.05, 0) is 29.4 Å². The zero-order valence-electron chi connectivity index (χ0n) is 16.3. The Balaban J connectivity index is 2.06. The highest BCUT2D eigenvalue weighted by Gasteiger charge is 2.37. The first-order chi connectivity index (χ1) is 14.0. The summed E-state index contributed by atoms with van der Waals surface area (Å²) < 4.78 is 45.5. The molecule has 3 aromatic heterocycles. The van der Waals surface area contributed by atoms with Crippen molar-refractivity contribution in [3.8, 4) is 17.1 Å². The van der Waals surface area contributed by atoms with Crippen molar-refractivity contribution in [2.75, 3.05) is 0 Å². The van der Waals surface area contributed by atoms with Gasteiger partial charge in [0, 0.05) is 12.3 Å². The molecule has 0 radical (unpaired) electrons. The molecule has 0 bridgehead atoms. The number of hydrogen-bond donors (Lipinski definition) is 2. The molecule has 30 heavy (non-hydrogen) atoms. The number of ether oxygens (including phenoxy) is 1. The van der Waals surface area contributed by atoms with E-state index in [1.807, 2.05) is 20.8 Å². The summed E-state index contributed by atoms with van der Waals surface area (Å²) in [5, 5.41) is 9.35. The largest absolute Gasteiger partial charge is 0.477 e. The maximum Gasteiger partial charge on any atom is 0.387 e. The Morgan fingerprint density at radius 1 is 1.37 bits per heavy atom. The Bertz CT molecular complexity index is 1240. The average Bonchev–Trinajstić information content (AvgIpc) is 2.98. The zero-order valence-corrected chi connectivity index (χ0v) is 16.3. The average molecular weight is 421 g/mol. The highest BCUT2D eigenvalue weighted by molar-refractivity contribution is 5.88. The number of aromatic carboxylic acids is 1. The van der Waals surface area contributed by atoms with Crippen LogP contribution < -0.4 is 10.3 Å². The molecule has 0 saturated carbocycles. The van der Waals surface area contributed by atoms with E-state index in [-0.39, 0.29) is 22.7 Å². The number of H-pyrrole nitrogens is 1. The molecule has 1 aliphatic rings. The number of alkyl halides is 2. The lowest BCUT2D eigenvalue weighted by molar-refractivity contribution is -0.0493. The van der Waals surface area contributed by atoms with E-state index in [1.54, 1.807) is 0 Å². The molecule has 0 aromatic carbocycles. The molecule has 0 aliphatic heterocycles. The Morgan fingerprint density at radius 2 is 2.07 bits per heavy atom. The number of fused-ring (bicyclic) bond motifs is 5. The lowest BCUT2D eigenvalue weighted by atomic mass is 9.70. The summed E-state index contributed by atoms with van der Waals surface area (Å²) in [6, 6.07) is 2.15. The van der Waals surface area contributed by atoms with Gasteiger partial charge in [0.2, 0.25) is 0 Å². The molecular formula is C20H18F3N3O4. The summed E-state index contributed by atoms with van der Waals surface area (Å²) in [6.45, 7) is 2.68. The summed E-state index contributed by atoms with van der Waals surface area (Å²) in [6.07, 6.45) is 1.45. The van der Waals surface area contributed by atoms with Gasteiger partial charge in [0.15, 0.2) is 11.4 Å². The fourth-order valence-corrected chi connectivity index (χ4v) is 3.96. The van der Waals surface area contributed by atoms with Gasteiger partial charge in [0.1, 0.15) is 17.1 Å². The minimum atomic E-state index is -3.17. The molecule has 158 valence electrons. The predicted molar refractivity (Wildman–Crippen MR) is 101 cm³/mol. The normalized spacial score (nSPS) is 15.9. The van der Waals surface area contributed by atoms with E-state index in [9.17, 15) is 27.9 Å². The molecule has 7 nitrogen and oxygen atoms in total. The number of carboxylic acid groups (broad SMARTS) is 1. The van der Waals surface area contributed by atoms with Gasteiger partial charge in [0.25, 0.3) is 5.56 Å². The topological polar surface area (TPSA) is 96.7 Å². The first-order valence-corrected chi connectivity index (χ1v) is 9.13. The number of halogens is 3. The van der Waals surface area contributed by atoms with Gasteiger partial charge in [-0.3, -0.25) is 9.20 Å². The highest BCUT2D eigenvalue weighted by atomic mass is 19.3. The lowest BCUT2D eigenvalue weighted by Crippen LogP contribution is -2.29. The number of carboxylic acids is 1. The molecule has 10 heteroatoms. The standard InChI is InChI=1S/C20H18F3N3O4/c1-20(2,3)11-6-12-15(14-9(11)5-10(18(28)29)17(27)25-14)24-16-13(30-19(22)23)4-8(21)7-26(12)16/h4-5,7,11,19H,6H2,1-3H3,(H,25,27)(H,28,29). The number of aromatic amines is 1. The highest BCUT2D eigenvalue weighted by Crippen LogP contribution is 2.47. The molecule has 1 atom stereocenters. The van der Waals surface area contributed by atoms with Crippen molar-refractivity contribution in [2.45, 2.75) is 39.7 Å². The SMILES string of the molecule is CC(C)(C)C1Cc2c(nc3c(OC(F)F)cc(F)cn23)-c2[nH]c(=O)c(C(=O)O)cc21. The van der Waals surface area contributed by atoms with Gasteiger partial charge in [-0.25, -0.2) is 14.2 Å². The predicted octanol–water partition coefficient (Wildman–Crippen LogP) is 3.81. The van der Waals surface area contributed by atoms with Crippen LogP contribution in [0.4, 0.5) is 13.2 Å². The number of rotatable bonds is 3. The zero-order chi connectivity index (χ0) is 22.0. The van der Waals surface area contributed by atoms with Gasteiger partial charge in [-0.15, -0.1) is 0 Å². The van der Waals surface area contributed by atoms with Crippen LogP contribution in [0.3, 0.4) is 0 Å². The summed E-state index contributed by atoms with van der Waals surface area (Å²) in [5.41, 5.74) is 0.0483. The molecule has 0 spiro atoms. The molecule has 0 fully saturated rings. The van der Waals surface area contributed by atoms with Crippen LogP contribution in [0.25, 0.3) is 17.0 Å². The summed E-state index contributed by atoms with van der Waals surface area (Å²) >= 11 is 0. The maximum absolute atomic E-state index is 14.1. The Morgan fingerprint density at radius 3 is 2.67 bits per heavy atom. The van der Waals surface area contributed by atoms with Gasteiger partial charge in [-0.1, -0.05) is 20.8 Å². The number of hydrogen-bond acceptors (Lipinski definition) is 4. The van der Waals surface area contributed by atoms with Crippen LogP contribution in [0.1, 0.15) is 48.3 Å². The molecule has 1 aliphatic carbocycles. The summed E-state index contributed by atoms with van der Waals surface area (Å²) in [5.74, 6) is -2.83. The van der Waals surface area contributed by atoms with Crippen LogP contribution >= 0.6 is 0 Å². The fourth-order valence-electron chi connectivity index (χ4n) is 3.96. The summed E-state index contributed by atoms with van der Waals surface area (Å²) in [4.78, 5) is 30.7. The first kappa shape index (κ1) is 20.0. The molecular weight excluding hydrogens is 403 g/mol. The Labute approximate surface area is 168 Å². The smallest absolute Gasteiger partial charge is 0.387 e. The second-order valence-electron chi connectivity index (χ2n) is 8.27. The van der Waals surface area contributed by atoms with Crippen molar-refractivity contribution in [3.63, 3.8) is 0 Å². The monoisotopic (exact) mass is 421 g/mol. The summed E-state index contributed by atoms with van der Waals surface area (Å²) in [7, 11) is 0. The Hall–Kier alpha value is -3.30. The molecule has 2 N–H and O–H groups in total. The molecule has 0 saturated heterocycles. The van der Waals surface area contributed by atoms with Crippen molar-refractivity contribution in [1.82, 2.24) is 14.4 Å². The molecule has 0 amide bonds. The van der Waals surface area contributed by atoms with Crippen LogP contribution in [0.2, 0.25) is 0 Å². The first-order valence-electron chi connectivity index (χ1n) is 9.13. The van der Waals surface area contributed by atoms with Crippen molar-refractivity contribution in [1.29, 1.82) is 0 Å². The molecule has 4 rings (SSSR count). The van der Waals surface area contributed by atoms with Crippen LogP contribution in [0.15, 0.2) is 23.1 Å². The third-order valence-corrected chi connectivity index (χ3v) is 5.33. The van der Waals surface area contributed by atoms with Gasteiger partial charge >= 0.3 is 12.6 Å². The van der Waals surface area contributed by atoms with E-state index >= 15 is 0 Å². The third kappa shape index (κ3) is 3.12. The van der Waals surface area contributed by atoms with Crippen molar-refractivity contribution < 1.29 is 27.8 Å². The van der Waals surface area contributed by atoms with Gasteiger partial charge in [-0.2, -0.15) is 8.78 Å². The maximum atomic E-state index is 14.1. The van der Waals surface area contributed by atoms with E-state index < -0.39 is 35.3 Å². The third-order valence-electron chi connectivity index (χ3n) is 5.33. The fraction of sp³-hybridized carbons (Fsp3) is 0.350. The quantitative estimate of drug-likeness (QED) is 0.670. The number of nitrogens with one attached hydrogen (secondary N) is 1. The van der Waals surface area contributed by atoms with Crippen LogP contribution in [-0.2, 0) is 6.42 Å². The van der Waals surface area contributed by atoms with E-state index in [2.05, 4.69) is 14.7 Å². The second kappa shape index (κ2) is 6.61. The van der Waals surface area contributed by atoms with Gasteiger partial charge < -0.3 is 14.8 Å². The van der Waals surface area contributed by atoms with E-state index in [0.717, 1.165) is 12.3 Å². The number of aromatic nitrogens is 3. The van der Waals surface area contributed by atoms with Gasteiger partial charge in [0.05, 0.1) is 11.4 Å². The number of nitrogens with zero attached hydrogens (tertiary/aromatic N) is 2. The van der Waals surface area contributed by atoms with Crippen LogP contribution in [-0.4, -0.2) is 32.1 Å². The second-order valence-corrected chi connectivity index (χ2v) is 8.27. The molecule has 1 unspecified atom stereocenters.